The molecule has 2 aromatic rings. The van der Waals surface area contributed by atoms with Crippen molar-refractivity contribution in [3.63, 3.8) is 0 Å². The molecule has 2 heteroatoms. The summed E-state index contributed by atoms with van der Waals surface area (Å²) in [7, 11) is 0. The Kier molecular flexibility index (Phi) is 4.31. The second kappa shape index (κ2) is 6.36. The third-order valence-corrected chi connectivity index (χ3v) is 4.54. The first-order chi connectivity index (χ1) is 9.90. The molecule has 1 fully saturated rings. The van der Waals surface area contributed by atoms with Gasteiger partial charge in [-0.25, -0.2) is 0 Å². The number of pyridine rings is 1. The molecule has 1 aromatic carbocycles. The van der Waals surface area contributed by atoms with Crippen molar-refractivity contribution in [2.24, 2.45) is 0 Å². The highest BCUT2D eigenvalue weighted by Gasteiger charge is 2.26. The summed E-state index contributed by atoms with van der Waals surface area (Å²) in [5.41, 5.74) is 1.49. The lowest BCUT2D eigenvalue weighted by Crippen LogP contribution is -2.37. The molecule has 20 heavy (non-hydrogen) atoms. The maximum Gasteiger partial charge on any atom is 0.0349 e. The van der Waals surface area contributed by atoms with Crippen molar-refractivity contribution in [2.45, 2.75) is 51.0 Å². The predicted molar refractivity (Wildman–Crippen MR) is 85.0 cm³/mol. The molecule has 0 radical (unpaired) electrons. The maximum absolute atomic E-state index is 4.34. The van der Waals surface area contributed by atoms with E-state index in [-0.39, 0.29) is 0 Å². The average Bonchev–Trinajstić information content (AvgIpc) is 2.53. The highest BCUT2D eigenvalue weighted by molar-refractivity contribution is 5.85. The van der Waals surface area contributed by atoms with Crippen molar-refractivity contribution in [3.8, 4) is 0 Å². The normalized spacial score (nSPS) is 23.1. The number of aromatic nitrogens is 1. The van der Waals surface area contributed by atoms with Crippen LogP contribution in [0.5, 0.6) is 0 Å². The molecule has 0 bridgehead atoms. The van der Waals surface area contributed by atoms with Gasteiger partial charge in [0.25, 0.3) is 0 Å². The number of hydrogen-bond donors (Lipinski definition) is 1. The molecule has 2 nitrogen and oxygen atoms in total. The minimum Gasteiger partial charge on any atom is -0.313 e. The monoisotopic (exact) mass is 268 g/mol. The van der Waals surface area contributed by atoms with Crippen molar-refractivity contribution in [3.05, 3.63) is 42.2 Å². The number of fused-ring (bicyclic) bond motifs is 1. The topological polar surface area (TPSA) is 24.9 Å². The van der Waals surface area contributed by atoms with Gasteiger partial charge in [0.1, 0.15) is 0 Å². The lowest BCUT2D eigenvalue weighted by atomic mass is 9.78. The number of nitrogens with one attached hydrogen (secondary N) is 1. The highest BCUT2D eigenvalue weighted by Crippen LogP contribution is 2.36. The van der Waals surface area contributed by atoms with E-state index in [1.807, 2.05) is 12.4 Å². The van der Waals surface area contributed by atoms with Crippen LogP contribution in [-0.4, -0.2) is 17.6 Å². The number of rotatable bonds is 4. The fourth-order valence-electron chi connectivity index (χ4n) is 3.54. The highest BCUT2D eigenvalue weighted by atomic mass is 14.9. The van der Waals surface area contributed by atoms with Crippen LogP contribution in [0.2, 0.25) is 0 Å². The van der Waals surface area contributed by atoms with E-state index in [0.29, 0.717) is 12.0 Å². The van der Waals surface area contributed by atoms with Crippen LogP contribution in [-0.2, 0) is 0 Å². The van der Waals surface area contributed by atoms with E-state index in [2.05, 4.69) is 41.5 Å². The van der Waals surface area contributed by atoms with Crippen LogP contribution in [0.1, 0.15) is 50.5 Å². The predicted octanol–water partition coefficient (Wildman–Crippen LogP) is 4.26. The third-order valence-electron chi connectivity index (χ3n) is 4.54. The molecule has 1 heterocycles. The SMILES string of the molecule is CCCNC1CCCCC1c1cccc2ccncc12. The third kappa shape index (κ3) is 2.71. The Morgan fingerprint density at radius 2 is 2.10 bits per heavy atom. The zero-order chi connectivity index (χ0) is 13.8. The number of benzene rings is 1. The summed E-state index contributed by atoms with van der Waals surface area (Å²) >= 11 is 0. The van der Waals surface area contributed by atoms with E-state index in [0.717, 1.165) is 6.54 Å². The minimum atomic E-state index is 0.634. The van der Waals surface area contributed by atoms with Crippen molar-refractivity contribution in [1.82, 2.24) is 10.3 Å². The number of hydrogen-bond acceptors (Lipinski definition) is 2. The summed E-state index contributed by atoms with van der Waals surface area (Å²) in [6.45, 7) is 3.37. The number of nitrogens with zero attached hydrogens (tertiary/aromatic N) is 1. The lowest BCUT2D eigenvalue weighted by Gasteiger charge is -2.33. The zero-order valence-electron chi connectivity index (χ0n) is 12.3. The molecule has 1 saturated carbocycles. The van der Waals surface area contributed by atoms with Crippen LogP contribution in [0.3, 0.4) is 0 Å². The summed E-state index contributed by atoms with van der Waals surface area (Å²) in [4.78, 5) is 4.34. The van der Waals surface area contributed by atoms with Gasteiger partial charge < -0.3 is 5.32 Å². The van der Waals surface area contributed by atoms with E-state index in [1.54, 1.807) is 0 Å². The molecule has 1 aliphatic carbocycles. The summed E-state index contributed by atoms with van der Waals surface area (Å²) in [5, 5.41) is 6.42. The van der Waals surface area contributed by atoms with E-state index in [4.69, 9.17) is 0 Å². The molecule has 0 amide bonds. The molecule has 106 valence electrons. The molecule has 1 N–H and O–H groups in total. The van der Waals surface area contributed by atoms with Gasteiger partial charge in [-0.2, -0.15) is 0 Å². The van der Waals surface area contributed by atoms with Gasteiger partial charge in [0.2, 0.25) is 0 Å². The largest absolute Gasteiger partial charge is 0.313 e. The van der Waals surface area contributed by atoms with Gasteiger partial charge in [-0.1, -0.05) is 38.0 Å². The Morgan fingerprint density at radius 3 is 3.00 bits per heavy atom. The zero-order valence-corrected chi connectivity index (χ0v) is 12.3. The molecule has 0 spiro atoms. The minimum absolute atomic E-state index is 0.634. The molecule has 2 atom stereocenters. The van der Waals surface area contributed by atoms with Gasteiger partial charge >= 0.3 is 0 Å². The first-order valence-corrected chi connectivity index (χ1v) is 7.96. The van der Waals surface area contributed by atoms with Crippen LogP contribution in [0, 0.1) is 0 Å². The maximum atomic E-state index is 4.34. The smallest absolute Gasteiger partial charge is 0.0349 e. The van der Waals surface area contributed by atoms with E-state index in [1.165, 1.54) is 48.4 Å². The van der Waals surface area contributed by atoms with Gasteiger partial charge in [0.15, 0.2) is 0 Å². The second-order valence-corrected chi connectivity index (χ2v) is 5.90. The van der Waals surface area contributed by atoms with E-state index < -0.39 is 0 Å². The molecule has 0 aliphatic heterocycles. The van der Waals surface area contributed by atoms with Crippen molar-refractivity contribution in [2.75, 3.05) is 6.54 Å². The van der Waals surface area contributed by atoms with Crippen molar-refractivity contribution >= 4 is 10.8 Å². The van der Waals surface area contributed by atoms with Crippen molar-refractivity contribution in [1.29, 1.82) is 0 Å². The molecule has 3 rings (SSSR count). The average molecular weight is 268 g/mol. The van der Waals surface area contributed by atoms with Gasteiger partial charge in [-0.3, -0.25) is 4.98 Å². The summed E-state index contributed by atoms with van der Waals surface area (Å²) in [6, 6.07) is 9.45. The van der Waals surface area contributed by atoms with Gasteiger partial charge in [-0.05, 0) is 48.7 Å². The standard InChI is InChI=1S/C18H24N2/c1-2-11-20-18-9-4-3-7-16(18)15-8-5-6-14-10-12-19-13-17(14)15/h5-6,8,10,12-13,16,18,20H,2-4,7,9,11H2,1H3. The van der Waals surface area contributed by atoms with Crippen LogP contribution < -0.4 is 5.32 Å². The molecule has 1 aromatic heterocycles. The molecule has 1 aliphatic rings. The van der Waals surface area contributed by atoms with Gasteiger partial charge in [0.05, 0.1) is 0 Å². The van der Waals surface area contributed by atoms with Crippen LogP contribution in [0.25, 0.3) is 10.8 Å². The van der Waals surface area contributed by atoms with Gasteiger partial charge in [-0.15, -0.1) is 0 Å². The molecular formula is C18H24N2. The fraction of sp³-hybridized carbons (Fsp3) is 0.500. The Balaban J connectivity index is 1.95. The Bertz CT molecular complexity index is 559. The Morgan fingerprint density at radius 1 is 1.20 bits per heavy atom. The quantitative estimate of drug-likeness (QED) is 0.896. The first kappa shape index (κ1) is 13.6. The summed E-state index contributed by atoms with van der Waals surface area (Å²) < 4.78 is 0. The Labute approximate surface area is 121 Å². The van der Waals surface area contributed by atoms with Crippen LogP contribution >= 0.6 is 0 Å². The summed E-state index contributed by atoms with van der Waals surface area (Å²) in [5.74, 6) is 0.642. The van der Waals surface area contributed by atoms with Crippen molar-refractivity contribution < 1.29 is 0 Å². The lowest BCUT2D eigenvalue weighted by molar-refractivity contribution is 0.329. The first-order valence-electron chi connectivity index (χ1n) is 7.96. The van der Waals surface area contributed by atoms with Crippen LogP contribution in [0.4, 0.5) is 0 Å². The summed E-state index contributed by atoms with van der Waals surface area (Å²) in [6.07, 6.45) is 10.5. The van der Waals surface area contributed by atoms with E-state index >= 15 is 0 Å². The molecule has 2 unspecified atom stereocenters. The van der Waals surface area contributed by atoms with Crippen LogP contribution in [0.15, 0.2) is 36.7 Å². The van der Waals surface area contributed by atoms with E-state index in [9.17, 15) is 0 Å². The second-order valence-electron chi connectivity index (χ2n) is 5.90. The fourth-order valence-corrected chi connectivity index (χ4v) is 3.54. The molecule has 0 saturated heterocycles. The van der Waals surface area contributed by atoms with Gasteiger partial charge in [0, 0.05) is 23.8 Å². The molecular weight excluding hydrogens is 244 g/mol. The Hall–Kier alpha value is -1.41.